The third kappa shape index (κ3) is 4.39. The molecule has 100 valence electrons. The van der Waals surface area contributed by atoms with Gasteiger partial charge in [-0.3, -0.25) is 4.79 Å². The van der Waals surface area contributed by atoms with E-state index in [1.165, 1.54) is 12.1 Å². The zero-order valence-corrected chi connectivity index (χ0v) is 10.3. The summed E-state index contributed by atoms with van der Waals surface area (Å²) in [5.74, 6) is -0.873. The third-order valence-electron chi connectivity index (χ3n) is 2.34. The number of alkyl halides is 3. The molecule has 0 amide bonds. The fourth-order valence-corrected chi connectivity index (χ4v) is 1.28. The molecule has 2 nitrogen and oxygen atoms in total. The first kappa shape index (κ1) is 14.5. The SMILES string of the molecule is CC(C)CCOc1ccc(C(=O)C(F)(F)F)cc1. The van der Waals surface area contributed by atoms with Crippen molar-refractivity contribution in [3.63, 3.8) is 0 Å². The van der Waals surface area contributed by atoms with Crippen molar-refractivity contribution in [2.24, 2.45) is 5.92 Å². The van der Waals surface area contributed by atoms with Crippen LogP contribution in [0.5, 0.6) is 5.75 Å². The van der Waals surface area contributed by atoms with Crippen LogP contribution >= 0.6 is 0 Å². The molecule has 0 aliphatic carbocycles. The van der Waals surface area contributed by atoms with Gasteiger partial charge in [0.05, 0.1) is 6.61 Å². The molecule has 1 aromatic rings. The number of halogens is 3. The number of benzene rings is 1. The van der Waals surface area contributed by atoms with Gasteiger partial charge in [-0.05, 0) is 36.6 Å². The summed E-state index contributed by atoms with van der Waals surface area (Å²) in [6.45, 7) is 4.60. The first-order valence-electron chi connectivity index (χ1n) is 5.65. The zero-order chi connectivity index (χ0) is 13.8. The number of ketones is 1. The first-order valence-corrected chi connectivity index (χ1v) is 5.65. The van der Waals surface area contributed by atoms with Crippen LogP contribution in [-0.4, -0.2) is 18.6 Å². The topological polar surface area (TPSA) is 26.3 Å². The Balaban J connectivity index is 2.60. The summed E-state index contributed by atoms with van der Waals surface area (Å²) < 4.78 is 41.8. The summed E-state index contributed by atoms with van der Waals surface area (Å²) in [6.07, 6.45) is -3.97. The van der Waals surface area contributed by atoms with Gasteiger partial charge in [-0.2, -0.15) is 13.2 Å². The van der Waals surface area contributed by atoms with Crippen LogP contribution in [0.2, 0.25) is 0 Å². The van der Waals surface area contributed by atoms with Crippen LogP contribution in [0.3, 0.4) is 0 Å². The van der Waals surface area contributed by atoms with Crippen LogP contribution in [0.1, 0.15) is 30.6 Å². The van der Waals surface area contributed by atoms with Crippen molar-refractivity contribution in [3.05, 3.63) is 29.8 Å². The summed E-state index contributed by atoms with van der Waals surface area (Å²) in [4.78, 5) is 10.9. The van der Waals surface area contributed by atoms with Crippen LogP contribution in [0.25, 0.3) is 0 Å². The van der Waals surface area contributed by atoms with Crippen molar-refractivity contribution in [1.29, 1.82) is 0 Å². The molecule has 0 fully saturated rings. The second-order valence-corrected chi connectivity index (χ2v) is 4.38. The lowest BCUT2D eigenvalue weighted by molar-refractivity contribution is -0.0885. The van der Waals surface area contributed by atoms with Gasteiger partial charge >= 0.3 is 6.18 Å². The molecule has 0 aliphatic rings. The lowest BCUT2D eigenvalue weighted by atomic mass is 10.1. The first-order chi connectivity index (χ1) is 8.30. The summed E-state index contributed by atoms with van der Waals surface area (Å²) in [6, 6.07) is 5.00. The smallest absolute Gasteiger partial charge is 0.454 e. The van der Waals surface area contributed by atoms with E-state index < -0.39 is 12.0 Å². The highest BCUT2D eigenvalue weighted by molar-refractivity contribution is 6.00. The van der Waals surface area contributed by atoms with E-state index in [9.17, 15) is 18.0 Å². The Bertz CT molecular complexity index is 394. The van der Waals surface area contributed by atoms with Crippen molar-refractivity contribution in [1.82, 2.24) is 0 Å². The second-order valence-electron chi connectivity index (χ2n) is 4.38. The number of rotatable bonds is 5. The van der Waals surface area contributed by atoms with E-state index in [4.69, 9.17) is 4.74 Å². The Kier molecular flexibility index (Phi) is 4.76. The highest BCUT2D eigenvalue weighted by atomic mass is 19.4. The second kappa shape index (κ2) is 5.89. The van der Waals surface area contributed by atoms with E-state index in [2.05, 4.69) is 13.8 Å². The standard InChI is InChI=1S/C13H15F3O2/c1-9(2)7-8-18-11-5-3-10(4-6-11)12(17)13(14,15)16/h3-6,9H,7-8H2,1-2H3. The van der Waals surface area contributed by atoms with E-state index in [1.54, 1.807) is 0 Å². The fraction of sp³-hybridized carbons (Fsp3) is 0.462. The van der Waals surface area contributed by atoms with Crippen LogP contribution in [0.15, 0.2) is 24.3 Å². The van der Waals surface area contributed by atoms with Crippen LogP contribution in [0.4, 0.5) is 13.2 Å². The minimum absolute atomic E-state index is 0.376. The maximum absolute atomic E-state index is 12.1. The number of hydrogen-bond acceptors (Lipinski definition) is 2. The van der Waals surface area contributed by atoms with Crippen molar-refractivity contribution in [2.75, 3.05) is 6.61 Å². The minimum atomic E-state index is -4.83. The number of ether oxygens (including phenoxy) is 1. The quantitative estimate of drug-likeness (QED) is 0.751. The Labute approximate surface area is 104 Å². The summed E-state index contributed by atoms with van der Waals surface area (Å²) in [5, 5.41) is 0. The molecule has 0 radical (unpaired) electrons. The molecule has 1 aromatic carbocycles. The summed E-state index contributed by atoms with van der Waals surface area (Å²) in [7, 11) is 0. The number of carbonyl (C=O) groups is 1. The fourth-order valence-electron chi connectivity index (χ4n) is 1.28. The van der Waals surface area contributed by atoms with Gasteiger partial charge in [0.2, 0.25) is 0 Å². The van der Waals surface area contributed by atoms with Gasteiger partial charge in [0.25, 0.3) is 5.78 Å². The zero-order valence-electron chi connectivity index (χ0n) is 10.3. The van der Waals surface area contributed by atoms with E-state index in [-0.39, 0.29) is 5.56 Å². The van der Waals surface area contributed by atoms with Gasteiger partial charge in [0.1, 0.15) is 5.75 Å². The molecule has 0 N–H and O–H groups in total. The summed E-state index contributed by atoms with van der Waals surface area (Å²) in [5.41, 5.74) is -0.376. The van der Waals surface area contributed by atoms with Crippen molar-refractivity contribution in [2.45, 2.75) is 26.4 Å². The van der Waals surface area contributed by atoms with Crippen LogP contribution in [0, 0.1) is 5.92 Å². The lowest BCUT2D eigenvalue weighted by Crippen LogP contribution is -2.22. The van der Waals surface area contributed by atoms with E-state index in [0.29, 0.717) is 18.3 Å². The van der Waals surface area contributed by atoms with E-state index in [1.807, 2.05) is 0 Å². The molecular formula is C13H15F3O2. The molecule has 5 heteroatoms. The summed E-state index contributed by atoms with van der Waals surface area (Å²) >= 11 is 0. The van der Waals surface area contributed by atoms with Gasteiger partial charge in [-0.25, -0.2) is 0 Å². The molecule has 0 heterocycles. The van der Waals surface area contributed by atoms with Gasteiger partial charge in [-0.15, -0.1) is 0 Å². The molecule has 0 bridgehead atoms. The Morgan fingerprint density at radius 3 is 2.22 bits per heavy atom. The highest BCUT2D eigenvalue weighted by Gasteiger charge is 2.39. The van der Waals surface area contributed by atoms with Gasteiger partial charge in [0.15, 0.2) is 0 Å². The predicted molar refractivity (Wildman–Crippen MR) is 61.8 cm³/mol. The Morgan fingerprint density at radius 2 is 1.78 bits per heavy atom. The average Bonchev–Trinajstić information content (AvgIpc) is 2.27. The normalized spacial score (nSPS) is 11.7. The highest BCUT2D eigenvalue weighted by Crippen LogP contribution is 2.23. The van der Waals surface area contributed by atoms with Gasteiger partial charge in [-0.1, -0.05) is 13.8 Å². The number of hydrogen-bond donors (Lipinski definition) is 0. The molecule has 0 atom stereocenters. The minimum Gasteiger partial charge on any atom is -0.494 e. The molecule has 0 unspecified atom stereocenters. The third-order valence-corrected chi connectivity index (χ3v) is 2.34. The largest absolute Gasteiger partial charge is 0.494 e. The number of carbonyl (C=O) groups excluding carboxylic acids is 1. The monoisotopic (exact) mass is 260 g/mol. The van der Waals surface area contributed by atoms with Gasteiger partial charge in [0, 0.05) is 5.56 Å². The molecule has 0 saturated heterocycles. The molecule has 0 aliphatic heterocycles. The Hall–Kier alpha value is -1.52. The maximum atomic E-state index is 12.1. The van der Waals surface area contributed by atoms with Crippen molar-refractivity contribution < 1.29 is 22.7 Å². The maximum Gasteiger partial charge on any atom is 0.454 e. The molecule has 1 rings (SSSR count). The van der Waals surface area contributed by atoms with E-state index >= 15 is 0 Å². The average molecular weight is 260 g/mol. The Morgan fingerprint density at radius 1 is 1.22 bits per heavy atom. The van der Waals surface area contributed by atoms with Crippen LogP contribution in [-0.2, 0) is 0 Å². The molecule has 0 spiro atoms. The van der Waals surface area contributed by atoms with Crippen LogP contribution < -0.4 is 4.74 Å². The van der Waals surface area contributed by atoms with E-state index in [0.717, 1.165) is 18.6 Å². The van der Waals surface area contributed by atoms with Gasteiger partial charge < -0.3 is 4.74 Å². The number of Topliss-reactive ketones (excluding diaryl/α,β-unsaturated/α-hetero) is 1. The molecular weight excluding hydrogens is 245 g/mol. The lowest BCUT2D eigenvalue weighted by Gasteiger charge is -2.09. The molecule has 0 saturated carbocycles. The van der Waals surface area contributed by atoms with Crippen molar-refractivity contribution >= 4 is 5.78 Å². The van der Waals surface area contributed by atoms with Crippen molar-refractivity contribution in [3.8, 4) is 5.75 Å². The molecule has 0 aromatic heterocycles. The molecule has 18 heavy (non-hydrogen) atoms. The predicted octanol–water partition coefficient (Wildman–Crippen LogP) is 3.86.